The number of aryl methyl sites for hydroxylation is 1. The van der Waals surface area contributed by atoms with E-state index in [1.54, 1.807) is 0 Å². The number of halogens is 1. The molecule has 2 aromatic carbocycles. The van der Waals surface area contributed by atoms with Crippen LogP contribution in [0.2, 0.25) is 5.02 Å². The average Bonchev–Trinajstić information content (AvgIpc) is 2.47. The summed E-state index contributed by atoms with van der Waals surface area (Å²) in [6.07, 6.45) is 1.01. The molecule has 1 aliphatic rings. The van der Waals surface area contributed by atoms with Crippen molar-refractivity contribution in [2.75, 3.05) is 11.9 Å². The molecular weight excluding hydrogens is 258 g/mol. The van der Waals surface area contributed by atoms with Gasteiger partial charge in [0.15, 0.2) is 0 Å². The first-order valence-corrected chi connectivity index (χ1v) is 6.93. The van der Waals surface area contributed by atoms with Crippen LogP contribution in [0.4, 0.5) is 5.69 Å². The standard InChI is InChI=1S/C16H16ClNO/c1-2-11-4-3-5-14-16(11)19-15(10-18-14)12-6-8-13(17)9-7-12/h3-9,15,18H,2,10H2,1H3. The molecule has 0 bridgehead atoms. The monoisotopic (exact) mass is 273 g/mol. The number of para-hydroxylation sites is 1. The topological polar surface area (TPSA) is 21.3 Å². The highest BCUT2D eigenvalue weighted by atomic mass is 35.5. The van der Waals surface area contributed by atoms with Crippen LogP contribution in [0, 0.1) is 0 Å². The maximum absolute atomic E-state index is 6.17. The van der Waals surface area contributed by atoms with Gasteiger partial charge in [-0.2, -0.15) is 0 Å². The summed E-state index contributed by atoms with van der Waals surface area (Å²) in [6.45, 7) is 2.92. The maximum atomic E-state index is 6.17. The minimum atomic E-state index is 0.0393. The number of rotatable bonds is 2. The van der Waals surface area contributed by atoms with Crippen LogP contribution < -0.4 is 10.1 Å². The molecular formula is C16H16ClNO. The highest BCUT2D eigenvalue weighted by Crippen LogP contribution is 2.37. The molecule has 0 amide bonds. The number of hydrogen-bond acceptors (Lipinski definition) is 2. The Morgan fingerprint density at radius 3 is 2.74 bits per heavy atom. The Bertz CT molecular complexity index is 566. The third-order valence-corrected chi connectivity index (χ3v) is 3.71. The number of nitrogens with one attached hydrogen (secondary N) is 1. The van der Waals surface area contributed by atoms with Gasteiger partial charge >= 0.3 is 0 Å². The van der Waals surface area contributed by atoms with Gasteiger partial charge in [0.25, 0.3) is 0 Å². The van der Waals surface area contributed by atoms with Crippen LogP contribution in [0.5, 0.6) is 5.75 Å². The van der Waals surface area contributed by atoms with Gasteiger partial charge < -0.3 is 10.1 Å². The molecule has 1 N–H and O–H groups in total. The highest BCUT2D eigenvalue weighted by Gasteiger charge is 2.22. The average molecular weight is 274 g/mol. The van der Waals surface area contributed by atoms with Crippen LogP contribution in [-0.4, -0.2) is 6.54 Å². The van der Waals surface area contributed by atoms with E-state index in [1.807, 2.05) is 24.3 Å². The van der Waals surface area contributed by atoms with Crippen LogP contribution in [0.15, 0.2) is 42.5 Å². The molecule has 0 spiro atoms. The van der Waals surface area contributed by atoms with Crippen molar-refractivity contribution in [3.8, 4) is 5.75 Å². The van der Waals surface area contributed by atoms with Gasteiger partial charge in [-0.1, -0.05) is 42.8 Å². The molecule has 0 saturated heterocycles. The SMILES string of the molecule is CCc1cccc2c1OC(c1ccc(Cl)cc1)CN2. The zero-order valence-corrected chi connectivity index (χ0v) is 11.6. The molecule has 0 saturated carbocycles. The van der Waals surface area contributed by atoms with Gasteiger partial charge in [-0.25, -0.2) is 0 Å². The van der Waals surface area contributed by atoms with E-state index < -0.39 is 0 Å². The second-order valence-electron chi connectivity index (χ2n) is 4.69. The highest BCUT2D eigenvalue weighted by molar-refractivity contribution is 6.30. The van der Waals surface area contributed by atoms with Gasteiger partial charge in [-0.3, -0.25) is 0 Å². The minimum absolute atomic E-state index is 0.0393. The van der Waals surface area contributed by atoms with Gasteiger partial charge in [-0.15, -0.1) is 0 Å². The lowest BCUT2D eigenvalue weighted by Crippen LogP contribution is -2.24. The van der Waals surface area contributed by atoms with Crippen molar-refractivity contribution in [3.05, 3.63) is 58.6 Å². The zero-order valence-electron chi connectivity index (χ0n) is 10.8. The Labute approximate surface area is 118 Å². The molecule has 1 aliphatic heterocycles. The van der Waals surface area contributed by atoms with Crippen molar-refractivity contribution in [2.45, 2.75) is 19.4 Å². The van der Waals surface area contributed by atoms with Crippen molar-refractivity contribution in [3.63, 3.8) is 0 Å². The largest absolute Gasteiger partial charge is 0.481 e. The number of fused-ring (bicyclic) bond motifs is 1. The molecule has 3 heteroatoms. The number of ether oxygens (including phenoxy) is 1. The van der Waals surface area contributed by atoms with E-state index >= 15 is 0 Å². The first-order chi connectivity index (χ1) is 9.28. The quantitative estimate of drug-likeness (QED) is 0.873. The second-order valence-corrected chi connectivity index (χ2v) is 5.12. The van der Waals surface area contributed by atoms with Crippen LogP contribution in [-0.2, 0) is 6.42 Å². The lowest BCUT2D eigenvalue weighted by molar-refractivity contribution is 0.208. The van der Waals surface area contributed by atoms with Crippen LogP contribution in [0.1, 0.15) is 24.2 Å². The Kier molecular flexibility index (Phi) is 3.34. The molecule has 1 unspecified atom stereocenters. The predicted molar refractivity (Wildman–Crippen MR) is 79.1 cm³/mol. The molecule has 1 heterocycles. The van der Waals surface area contributed by atoms with Gasteiger partial charge in [0.2, 0.25) is 0 Å². The Balaban J connectivity index is 1.91. The molecule has 1 atom stereocenters. The molecule has 0 aliphatic carbocycles. The predicted octanol–water partition coefficient (Wildman–Crippen LogP) is 4.45. The molecule has 19 heavy (non-hydrogen) atoms. The van der Waals surface area contributed by atoms with E-state index in [4.69, 9.17) is 16.3 Å². The fourth-order valence-electron chi connectivity index (χ4n) is 2.39. The fourth-order valence-corrected chi connectivity index (χ4v) is 2.52. The third-order valence-electron chi connectivity index (χ3n) is 3.46. The third kappa shape index (κ3) is 2.41. The van der Waals surface area contributed by atoms with Crippen LogP contribution >= 0.6 is 11.6 Å². The van der Waals surface area contributed by atoms with Crippen molar-refractivity contribution in [1.82, 2.24) is 0 Å². The summed E-state index contributed by atoms with van der Waals surface area (Å²) < 4.78 is 6.17. The van der Waals surface area contributed by atoms with Crippen molar-refractivity contribution in [2.24, 2.45) is 0 Å². The van der Waals surface area contributed by atoms with Crippen molar-refractivity contribution >= 4 is 17.3 Å². The number of benzene rings is 2. The smallest absolute Gasteiger partial charge is 0.146 e. The summed E-state index contributed by atoms with van der Waals surface area (Å²) in [4.78, 5) is 0. The Morgan fingerprint density at radius 2 is 2.00 bits per heavy atom. The summed E-state index contributed by atoms with van der Waals surface area (Å²) in [5.41, 5.74) is 3.47. The van der Waals surface area contributed by atoms with E-state index in [-0.39, 0.29) is 6.10 Å². The number of hydrogen-bond donors (Lipinski definition) is 1. The molecule has 2 nitrogen and oxygen atoms in total. The Morgan fingerprint density at radius 1 is 1.21 bits per heavy atom. The molecule has 98 valence electrons. The van der Waals surface area contributed by atoms with E-state index in [2.05, 4.69) is 30.4 Å². The van der Waals surface area contributed by atoms with Gasteiger partial charge in [0, 0.05) is 5.02 Å². The second kappa shape index (κ2) is 5.14. The van der Waals surface area contributed by atoms with Gasteiger partial charge in [0.05, 0.1) is 12.2 Å². The first kappa shape index (κ1) is 12.4. The van der Waals surface area contributed by atoms with E-state index in [0.29, 0.717) is 0 Å². The van der Waals surface area contributed by atoms with E-state index in [9.17, 15) is 0 Å². The molecule has 3 rings (SSSR count). The summed E-state index contributed by atoms with van der Waals surface area (Å²) in [5.74, 6) is 0.983. The first-order valence-electron chi connectivity index (χ1n) is 6.56. The minimum Gasteiger partial charge on any atom is -0.481 e. The number of anilines is 1. The lowest BCUT2D eigenvalue weighted by Gasteiger charge is -2.29. The van der Waals surface area contributed by atoms with Gasteiger partial charge in [0.1, 0.15) is 11.9 Å². The molecule has 0 radical (unpaired) electrons. The van der Waals surface area contributed by atoms with Gasteiger partial charge in [-0.05, 0) is 35.7 Å². The normalized spacial score (nSPS) is 17.3. The molecule has 0 aromatic heterocycles. The molecule has 2 aromatic rings. The summed E-state index contributed by atoms with van der Waals surface area (Å²) in [6, 6.07) is 14.1. The summed E-state index contributed by atoms with van der Waals surface area (Å²) in [7, 11) is 0. The van der Waals surface area contributed by atoms with E-state index in [1.165, 1.54) is 5.56 Å². The zero-order chi connectivity index (χ0) is 13.2. The Hall–Kier alpha value is -1.67. The maximum Gasteiger partial charge on any atom is 0.146 e. The summed E-state index contributed by atoms with van der Waals surface area (Å²) in [5, 5.41) is 4.19. The van der Waals surface area contributed by atoms with E-state index in [0.717, 1.165) is 35.0 Å². The van der Waals surface area contributed by atoms with Crippen molar-refractivity contribution < 1.29 is 4.74 Å². The molecule has 0 fully saturated rings. The van der Waals surface area contributed by atoms with Crippen LogP contribution in [0.25, 0.3) is 0 Å². The van der Waals surface area contributed by atoms with Crippen molar-refractivity contribution in [1.29, 1.82) is 0 Å². The van der Waals surface area contributed by atoms with Crippen LogP contribution in [0.3, 0.4) is 0 Å². The lowest BCUT2D eigenvalue weighted by atomic mass is 10.1. The fraction of sp³-hybridized carbons (Fsp3) is 0.250. The summed E-state index contributed by atoms with van der Waals surface area (Å²) >= 11 is 5.92.